The zero-order valence-corrected chi connectivity index (χ0v) is 17.7. The number of fused-ring (bicyclic) bond motifs is 1. The van der Waals surface area contributed by atoms with Gasteiger partial charge in [0, 0.05) is 0 Å². The van der Waals surface area contributed by atoms with Crippen LogP contribution < -0.4 is 0 Å². The highest BCUT2D eigenvalue weighted by Crippen LogP contribution is 2.45. The third-order valence-corrected chi connectivity index (χ3v) is 5.94. The second-order valence-corrected chi connectivity index (χ2v) is 9.27. The Labute approximate surface area is 169 Å². The van der Waals surface area contributed by atoms with Crippen molar-refractivity contribution >= 4 is 6.08 Å². The SMILES string of the molecule is CC(C)c1ccccc1-c1c(-c2ccccc2)ccc2c1C=C(C(C)(C)C)C2. The predicted octanol–water partition coefficient (Wildman–Crippen LogP) is 8.13. The van der Waals surface area contributed by atoms with E-state index in [1.54, 1.807) is 0 Å². The number of allylic oxidation sites excluding steroid dienone is 1. The van der Waals surface area contributed by atoms with E-state index in [9.17, 15) is 0 Å². The van der Waals surface area contributed by atoms with Crippen molar-refractivity contribution in [3.8, 4) is 22.3 Å². The largest absolute Gasteiger partial charge is 0.0622 e. The van der Waals surface area contributed by atoms with Crippen molar-refractivity contribution < 1.29 is 0 Å². The Hall–Kier alpha value is -2.60. The lowest BCUT2D eigenvalue weighted by molar-refractivity contribution is 0.498. The van der Waals surface area contributed by atoms with Crippen molar-refractivity contribution in [3.05, 3.63) is 89.0 Å². The molecule has 1 aliphatic rings. The zero-order chi connectivity index (χ0) is 19.9. The summed E-state index contributed by atoms with van der Waals surface area (Å²) >= 11 is 0. The molecule has 28 heavy (non-hydrogen) atoms. The fourth-order valence-electron chi connectivity index (χ4n) is 4.27. The van der Waals surface area contributed by atoms with Gasteiger partial charge in [-0.15, -0.1) is 0 Å². The van der Waals surface area contributed by atoms with Crippen LogP contribution in [0.2, 0.25) is 0 Å². The average molecular weight is 367 g/mol. The van der Waals surface area contributed by atoms with Crippen molar-refractivity contribution in [2.75, 3.05) is 0 Å². The Morgan fingerprint density at radius 1 is 0.750 bits per heavy atom. The number of benzene rings is 3. The molecule has 0 saturated carbocycles. The van der Waals surface area contributed by atoms with Crippen LogP contribution in [0.5, 0.6) is 0 Å². The van der Waals surface area contributed by atoms with Crippen molar-refractivity contribution in [3.63, 3.8) is 0 Å². The highest BCUT2D eigenvalue weighted by Gasteiger charge is 2.27. The van der Waals surface area contributed by atoms with Crippen LogP contribution >= 0.6 is 0 Å². The summed E-state index contributed by atoms with van der Waals surface area (Å²) in [6.45, 7) is 11.6. The van der Waals surface area contributed by atoms with Crippen LogP contribution in [-0.4, -0.2) is 0 Å². The van der Waals surface area contributed by atoms with E-state index in [0.717, 1.165) is 6.42 Å². The maximum Gasteiger partial charge on any atom is -0.00271 e. The molecule has 0 bridgehead atoms. The Bertz CT molecular complexity index is 1030. The summed E-state index contributed by atoms with van der Waals surface area (Å²) in [5.41, 5.74) is 11.4. The molecule has 0 spiro atoms. The molecule has 3 aromatic carbocycles. The van der Waals surface area contributed by atoms with Crippen LogP contribution in [0.4, 0.5) is 0 Å². The van der Waals surface area contributed by atoms with Crippen LogP contribution in [0.1, 0.15) is 57.2 Å². The average Bonchev–Trinajstić information content (AvgIpc) is 3.13. The minimum atomic E-state index is 0.195. The van der Waals surface area contributed by atoms with Crippen LogP contribution in [0.25, 0.3) is 28.3 Å². The standard InChI is InChI=1S/C28H30/c1-19(2)23-13-9-10-14-25(23)27-24(20-11-7-6-8-12-20)16-15-21-17-22(18-26(21)27)28(3,4)5/h6-16,18-19H,17H2,1-5H3. The van der Waals surface area contributed by atoms with Crippen LogP contribution in [-0.2, 0) is 6.42 Å². The van der Waals surface area contributed by atoms with E-state index in [1.807, 2.05) is 0 Å². The first-order valence-electron chi connectivity index (χ1n) is 10.4. The number of hydrogen-bond acceptors (Lipinski definition) is 0. The zero-order valence-electron chi connectivity index (χ0n) is 17.7. The Balaban J connectivity index is 2.04. The van der Waals surface area contributed by atoms with Gasteiger partial charge in [-0.25, -0.2) is 0 Å². The Morgan fingerprint density at radius 2 is 1.43 bits per heavy atom. The molecule has 0 nitrogen and oxygen atoms in total. The van der Waals surface area contributed by atoms with E-state index in [2.05, 4.69) is 107 Å². The Kier molecular flexibility index (Phi) is 4.75. The summed E-state index contributed by atoms with van der Waals surface area (Å²) < 4.78 is 0. The van der Waals surface area contributed by atoms with Crippen molar-refractivity contribution in [1.29, 1.82) is 0 Å². The molecule has 0 unspecified atom stereocenters. The molecular formula is C28H30. The third-order valence-electron chi connectivity index (χ3n) is 5.94. The molecular weight excluding hydrogens is 336 g/mol. The predicted molar refractivity (Wildman–Crippen MR) is 123 cm³/mol. The van der Waals surface area contributed by atoms with E-state index >= 15 is 0 Å². The first-order valence-corrected chi connectivity index (χ1v) is 10.4. The third kappa shape index (κ3) is 3.33. The summed E-state index contributed by atoms with van der Waals surface area (Å²) in [5.74, 6) is 0.489. The molecule has 0 heteroatoms. The molecule has 0 atom stereocenters. The minimum Gasteiger partial charge on any atom is -0.0622 e. The molecule has 0 aliphatic heterocycles. The van der Waals surface area contributed by atoms with Crippen LogP contribution in [0.3, 0.4) is 0 Å². The molecule has 0 aromatic heterocycles. The van der Waals surface area contributed by atoms with E-state index in [4.69, 9.17) is 0 Å². The highest BCUT2D eigenvalue weighted by molar-refractivity contribution is 5.93. The summed E-state index contributed by atoms with van der Waals surface area (Å²) in [5, 5.41) is 0. The van der Waals surface area contributed by atoms with E-state index < -0.39 is 0 Å². The Morgan fingerprint density at radius 3 is 2.11 bits per heavy atom. The van der Waals surface area contributed by atoms with Gasteiger partial charge < -0.3 is 0 Å². The van der Waals surface area contributed by atoms with Crippen LogP contribution in [0.15, 0.2) is 72.3 Å². The fourth-order valence-corrected chi connectivity index (χ4v) is 4.27. The molecule has 3 aromatic rings. The smallest absolute Gasteiger partial charge is 0.00271 e. The van der Waals surface area contributed by atoms with Crippen LogP contribution in [0, 0.1) is 5.41 Å². The van der Waals surface area contributed by atoms with E-state index in [-0.39, 0.29) is 5.41 Å². The lowest BCUT2D eigenvalue weighted by atomic mass is 9.84. The van der Waals surface area contributed by atoms with Gasteiger partial charge in [-0.05, 0) is 56.7 Å². The molecule has 0 amide bonds. The van der Waals surface area contributed by atoms with Gasteiger partial charge in [0.1, 0.15) is 0 Å². The molecule has 1 aliphatic carbocycles. The molecule has 142 valence electrons. The summed E-state index contributed by atoms with van der Waals surface area (Å²) in [6, 6.07) is 24.4. The van der Waals surface area contributed by atoms with Crippen molar-refractivity contribution in [1.82, 2.24) is 0 Å². The lowest BCUT2D eigenvalue weighted by Crippen LogP contribution is -2.08. The van der Waals surface area contributed by atoms with Gasteiger partial charge in [0.05, 0.1) is 0 Å². The van der Waals surface area contributed by atoms with E-state index in [0.29, 0.717) is 5.92 Å². The fraction of sp³-hybridized carbons (Fsp3) is 0.286. The molecule has 4 rings (SSSR count). The molecule has 0 fully saturated rings. The maximum atomic E-state index is 2.47. The summed E-state index contributed by atoms with van der Waals surface area (Å²) in [4.78, 5) is 0. The van der Waals surface area contributed by atoms with Gasteiger partial charge in [-0.3, -0.25) is 0 Å². The van der Waals surface area contributed by atoms with Gasteiger partial charge >= 0.3 is 0 Å². The topological polar surface area (TPSA) is 0 Å². The molecule has 0 heterocycles. The van der Waals surface area contributed by atoms with Gasteiger partial charge in [-0.1, -0.05) is 113 Å². The van der Waals surface area contributed by atoms with Gasteiger partial charge in [0.2, 0.25) is 0 Å². The minimum absolute atomic E-state index is 0.195. The molecule has 0 N–H and O–H groups in total. The van der Waals surface area contributed by atoms with Gasteiger partial charge in [-0.2, -0.15) is 0 Å². The van der Waals surface area contributed by atoms with Gasteiger partial charge in [0.25, 0.3) is 0 Å². The quantitative estimate of drug-likeness (QED) is 0.439. The van der Waals surface area contributed by atoms with Crippen molar-refractivity contribution in [2.24, 2.45) is 5.41 Å². The maximum absolute atomic E-state index is 2.47. The first-order chi connectivity index (χ1) is 13.4. The second kappa shape index (κ2) is 7.09. The van der Waals surface area contributed by atoms with Gasteiger partial charge in [0.15, 0.2) is 0 Å². The number of hydrogen-bond donors (Lipinski definition) is 0. The summed E-state index contributed by atoms with van der Waals surface area (Å²) in [6.07, 6.45) is 3.53. The molecule has 0 saturated heterocycles. The second-order valence-electron chi connectivity index (χ2n) is 9.27. The molecule has 0 radical (unpaired) electrons. The highest BCUT2D eigenvalue weighted by atomic mass is 14.3. The van der Waals surface area contributed by atoms with E-state index in [1.165, 1.54) is 44.5 Å². The first kappa shape index (κ1) is 18.7. The lowest BCUT2D eigenvalue weighted by Gasteiger charge is -2.19. The normalized spacial score (nSPS) is 13.6. The number of rotatable bonds is 3. The monoisotopic (exact) mass is 366 g/mol. The summed E-state index contributed by atoms with van der Waals surface area (Å²) in [7, 11) is 0. The van der Waals surface area contributed by atoms with Crippen molar-refractivity contribution in [2.45, 2.75) is 47.0 Å².